The molecule has 1 aromatic heterocycles. The predicted octanol–water partition coefficient (Wildman–Crippen LogP) is 1.92. The molecule has 0 aliphatic rings. The summed E-state index contributed by atoms with van der Waals surface area (Å²) in [5.74, 6) is 0.935. The Morgan fingerprint density at radius 1 is 1.21 bits per heavy atom. The number of nitrogens with zero attached hydrogens (tertiary/aromatic N) is 3. The lowest BCUT2D eigenvalue weighted by molar-refractivity contribution is 0.412. The van der Waals surface area contributed by atoms with Crippen molar-refractivity contribution >= 4 is 22.7 Å². The number of nitrogens with two attached hydrogens (primary N) is 1. The van der Waals surface area contributed by atoms with Crippen molar-refractivity contribution in [3.8, 4) is 0 Å². The highest BCUT2D eigenvalue weighted by Crippen LogP contribution is 2.19. The molecule has 0 unspecified atom stereocenters. The average molecular weight is 261 g/mol. The fraction of sp³-hybridized carbons (Fsp3) is 0.500. The Morgan fingerprint density at radius 3 is 2.68 bits per heavy atom. The minimum atomic E-state index is 0.762. The third kappa shape index (κ3) is 3.38. The molecule has 0 atom stereocenters. The number of nitrogens with one attached hydrogen (secondary N) is 1. The Bertz CT molecular complexity index is 532. The van der Waals surface area contributed by atoms with Crippen molar-refractivity contribution in [2.75, 3.05) is 44.4 Å². The van der Waals surface area contributed by atoms with Crippen LogP contribution in [0.5, 0.6) is 0 Å². The van der Waals surface area contributed by atoms with E-state index in [0.717, 1.165) is 48.7 Å². The lowest BCUT2D eigenvalue weighted by Gasteiger charge is -2.23. The summed E-state index contributed by atoms with van der Waals surface area (Å²) in [4.78, 5) is 12.5. The molecule has 0 bridgehead atoms. The van der Waals surface area contributed by atoms with Gasteiger partial charge in [-0.3, -0.25) is 0 Å². The van der Waals surface area contributed by atoms with Gasteiger partial charge in [0.1, 0.15) is 0 Å². The number of anilines is 2. The maximum atomic E-state index is 5.80. The Morgan fingerprint density at radius 2 is 2.00 bits per heavy atom. The van der Waals surface area contributed by atoms with Gasteiger partial charge in [-0.15, -0.1) is 0 Å². The van der Waals surface area contributed by atoms with Crippen LogP contribution < -0.4 is 10.6 Å². The number of aromatic nitrogens is 2. The van der Waals surface area contributed by atoms with Gasteiger partial charge in [0.2, 0.25) is 5.95 Å². The molecule has 19 heavy (non-hydrogen) atoms. The van der Waals surface area contributed by atoms with Gasteiger partial charge in [-0.05, 0) is 38.7 Å². The SMILES string of the molecule is CCCN(CCN(C)C)c1nc2ccc(N)cc2[nH]1. The monoisotopic (exact) mass is 261 g/mol. The van der Waals surface area contributed by atoms with E-state index in [9.17, 15) is 0 Å². The predicted molar refractivity (Wildman–Crippen MR) is 81.6 cm³/mol. The average Bonchev–Trinajstić information content (AvgIpc) is 2.76. The van der Waals surface area contributed by atoms with Crippen LogP contribution in [-0.4, -0.2) is 48.6 Å². The smallest absolute Gasteiger partial charge is 0.203 e. The molecule has 0 fully saturated rings. The first kappa shape index (κ1) is 13.7. The minimum Gasteiger partial charge on any atom is -0.399 e. The lowest BCUT2D eigenvalue weighted by atomic mass is 10.3. The third-order valence-electron chi connectivity index (χ3n) is 3.10. The molecule has 3 N–H and O–H groups in total. The topological polar surface area (TPSA) is 61.2 Å². The highest BCUT2D eigenvalue weighted by atomic mass is 15.3. The lowest BCUT2D eigenvalue weighted by Crippen LogP contribution is -2.33. The van der Waals surface area contributed by atoms with E-state index in [1.54, 1.807) is 0 Å². The molecule has 0 aliphatic carbocycles. The zero-order valence-electron chi connectivity index (χ0n) is 12.0. The molecule has 1 heterocycles. The van der Waals surface area contributed by atoms with Gasteiger partial charge in [0, 0.05) is 25.3 Å². The summed E-state index contributed by atoms with van der Waals surface area (Å²) in [5, 5.41) is 0. The quantitative estimate of drug-likeness (QED) is 0.780. The second-order valence-corrected chi connectivity index (χ2v) is 5.13. The van der Waals surface area contributed by atoms with Crippen LogP contribution in [0, 0.1) is 0 Å². The van der Waals surface area contributed by atoms with E-state index in [4.69, 9.17) is 5.73 Å². The second-order valence-electron chi connectivity index (χ2n) is 5.13. The van der Waals surface area contributed by atoms with E-state index in [2.05, 4.69) is 40.8 Å². The number of hydrogen-bond donors (Lipinski definition) is 2. The van der Waals surface area contributed by atoms with Crippen LogP contribution in [0.1, 0.15) is 13.3 Å². The number of likely N-dealkylation sites (N-methyl/N-ethyl adjacent to an activating group) is 1. The fourth-order valence-electron chi connectivity index (χ4n) is 2.08. The van der Waals surface area contributed by atoms with E-state index >= 15 is 0 Å². The standard InChI is InChI=1S/C14H23N5/c1-4-7-19(9-8-18(2)3)14-16-12-6-5-11(15)10-13(12)17-14/h5-6,10H,4,7-9,15H2,1-3H3,(H,16,17). The van der Waals surface area contributed by atoms with Gasteiger partial charge in [-0.1, -0.05) is 6.92 Å². The number of aromatic amines is 1. The number of H-pyrrole nitrogens is 1. The number of benzene rings is 1. The number of rotatable bonds is 6. The summed E-state index contributed by atoms with van der Waals surface area (Å²) in [7, 11) is 4.17. The zero-order valence-corrected chi connectivity index (χ0v) is 12.0. The first-order valence-corrected chi connectivity index (χ1v) is 6.75. The Kier molecular flexibility index (Phi) is 4.27. The molecule has 104 valence electrons. The molecule has 0 aliphatic heterocycles. The van der Waals surface area contributed by atoms with Gasteiger partial charge in [0.25, 0.3) is 0 Å². The third-order valence-corrected chi connectivity index (χ3v) is 3.10. The molecule has 1 aromatic carbocycles. The van der Waals surface area contributed by atoms with Gasteiger partial charge >= 0.3 is 0 Å². The van der Waals surface area contributed by atoms with Crippen LogP contribution in [0.15, 0.2) is 18.2 Å². The summed E-state index contributed by atoms with van der Waals surface area (Å²) in [5.41, 5.74) is 8.53. The number of hydrogen-bond acceptors (Lipinski definition) is 4. The summed E-state index contributed by atoms with van der Waals surface area (Å²) >= 11 is 0. The summed E-state index contributed by atoms with van der Waals surface area (Å²) in [6, 6.07) is 5.78. The molecular weight excluding hydrogens is 238 g/mol. The number of fused-ring (bicyclic) bond motifs is 1. The van der Waals surface area contributed by atoms with Crippen molar-refractivity contribution in [3.63, 3.8) is 0 Å². The fourth-order valence-corrected chi connectivity index (χ4v) is 2.08. The van der Waals surface area contributed by atoms with E-state index in [0.29, 0.717) is 0 Å². The van der Waals surface area contributed by atoms with Crippen LogP contribution in [0.3, 0.4) is 0 Å². The molecule has 5 heteroatoms. The highest BCUT2D eigenvalue weighted by Gasteiger charge is 2.11. The normalized spacial score (nSPS) is 11.4. The summed E-state index contributed by atoms with van der Waals surface area (Å²) in [6.45, 7) is 5.17. The van der Waals surface area contributed by atoms with Gasteiger partial charge < -0.3 is 20.5 Å². The van der Waals surface area contributed by atoms with Crippen LogP contribution in [0.2, 0.25) is 0 Å². The van der Waals surface area contributed by atoms with Gasteiger partial charge in [0.05, 0.1) is 11.0 Å². The van der Waals surface area contributed by atoms with Crippen molar-refractivity contribution in [1.29, 1.82) is 0 Å². The maximum Gasteiger partial charge on any atom is 0.203 e. The second kappa shape index (κ2) is 5.93. The largest absolute Gasteiger partial charge is 0.399 e. The molecule has 0 spiro atoms. The van der Waals surface area contributed by atoms with Crippen molar-refractivity contribution < 1.29 is 0 Å². The molecule has 0 saturated carbocycles. The van der Waals surface area contributed by atoms with Crippen molar-refractivity contribution in [2.24, 2.45) is 0 Å². The highest BCUT2D eigenvalue weighted by molar-refractivity contribution is 5.80. The zero-order chi connectivity index (χ0) is 13.8. The van der Waals surface area contributed by atoms with Crippen LogP contribution >= 0.6 is 0 Å². The molecule has 2 rings (SSSR count). The van der Waals surface area contributed by atoms with Crippen LogP contribution in [0.4, 0.5) is 11.6 Å². The Labute approximate surface area is 114 Å². The van der Waals surface area contributed by atoms with E-state index in [-0.39, 0.29) is 0 Å². The minimum absolute atomic E-state index is 0.762. The Balaban J connectivity index is 2.22. The first-order valence-electron chi connectivity index (χ1n) is 6.75. The van der Waals surface area contributed by atoms with Gasteiger partial charge in [-0.2, -0.15) is 0 Å². The van der Waals surface area contributed by atoms with E-state index in [1.165, 1.54) is 0 Å². The summed E-state index contributed by atoms with van der Waals surface area (Å²) < 4.78 is 0. The maximum absolute atomic E-state index is 5.80. The molecular formula is C14H23N5. The molecule has 5 nitrogen and oxygen atoms in total. The molecule has 2 aromatic rings. The number of imidazole rings is 1. The summed E-state index contributed by atoms with van der Waals surface area (Å²) in [6.07, 6.45) is 1.10. The van der Waals surface area contributed by atoms with Crippen molar-refractivity contribution in [3.05, 3.63) is 18.2 Å². The molecule has 0 amide bonds. The van der Waals surface area contributed by atoms with Crippen LogP contribution in [0.25, 0.3) is 11.0 Å². The van der Waals surface area contributed by atoms with E-state index < -0.39 is 0 Å². The van der Waals surface area contributed by atoms with Crippen molar-refractivity contribution in [2.45, 2.75) is 13.3 Å². The molecule has 0 radical (unpaired) electrons. The molecule has 0 saturated heterocycles. The Hall–Kier alpha value is -1.75. The first-order chi connectivity index (χ1) is 9.10. The number of nitrogen functional groups attached to an aromatic ring is 1. The van der Waals surface area contributed by atoms with Crippen molar-refractivity contribution in [1.82, 2.24) is 14.9 Å². The van der Waals surface area contributed by atoms with E-state index in [1.807, 2.05) is 18.2 Å². The van der Waals surface area contributed by atoms with Gasteiger partial charge in [-0.25, -0.2) is 4.98 Å². The van der Waals surface area contributed by atoms with Crippen LogP contribution in [-0.2, 0) is 0 Å². The van der Waals surface area contributed by atoms with Gasteiger partial charge in [0.15, 0.2) is 0 Å².